The van der Waals surface area contributed by atoms with Crippen molar-refractivity contribution < 1.29 is 9.47 Å². The van der Waals surface area contributed by atoms with Crippen LogP contribution in [-0.2, 0) is 6.42 Å². The molecule has 0 atom stereocenters. The van der Waals surface area contributed by atoms with E-state index >= 15 is 0 Å². The number of nitriles is 1. The third-order valence-corrected chi connectivity index (χ3v) is 3.94. The second-order valence-electron chi connectivity index (χ2n) is 5.01. The largest absolute Gasteiger partial charge is 0.496 e. The van der Waals surface area contributed by atoms with Crippen LogP contribution in [0.25, 0.3) is 0 Å². The predicted molar refractivity (Wildman–Crippen MR) is 69.9 cm³/mol. The van der Waals surface area contributed by atoms with Gasteiger partial charge in [-0.1, -0.05) is 12.5 Å². The Kier molecular flexibility index (Phi) is 3.47. The summed E-state index contributed by atoms with van der Waals surface area (Å²) in [5, 5.41) is 9.32. The Bertz CT molecular complexity index is 484. The van der Waals surface area contributed by atoms with Gasteiger partial charge in [-0.25, -0.2) is 0 Å². The summed E-state index contributed by atoms with van der Waals surface area (Å²) >= 11 is 0. The zero-order chi connectivity index (χ0) is 13.2. The first kappa shape index (κ1) is 12.8. The van der Waals surface area contributed by atoms with E-state index in [0.29, 0.717) is 0 Å². The molecule has 1 aromatic carbocycles. The molecule has 0 unspecified atom stereocenters. The summed E-state index contributed by atoms with van der Waals surface area (Å²) in [6.07, 6.45) is 3.93. The van der Waals surface area contributed by atoms with Gasteiger partial charge in [-0.3, -0.25) is 0 Å². The average Bonchev–Trinajstić information content (AvgIpc) is 2.34. The van der Waals surface area contributed by atoms with Gasteiger partial charge in [0.25, 0.3) is 0 Å². The molecule has 0 bridgehead atoms. The molecule has 0 spiro atoms. The number of ether oxygens (including phenoxy) is 2. The lowest BCUT2D eigenvalue weighted by atomic mass is 9.66. The first-order valence-electron chi connectivity index (χ1n) is 6.27. The Balaban J connectivity index is 2.34. The second kappa shape index (κ2) is 4.89. The van der Waals surface area contributed by atoms with Gasteiger partial charge in [-0.15, -0.1) is 0 Å². The lowest BCUT2D eigenvalue weighted by Gasteiger charge is -2.35. The molecule has 1 aromatic rings. The second-order valence-corrected chi connectivity index (χ2v) is 5.01. The maximum Gasteiger partial charge on any atom is 0.128 e. The normalized spacial score (nSPS) is 16.6. The van der Waals surface area contributed by atoms with Gasteiger partial charge in [0.15, 0.2) is 0 Å². The van der Waals surface area contributed by atoms with E-state index < -0.39 is 0 Å². The molecule has 3 nitrogen and oxygen atoms in total. The molecule has 0 N–H and O–H groups in total. The molecule has 1 aliphatic carbocycles. The van der Waals surface area contributed by atoms with Gasteiger partial charge in [0.05, 0.1) is 25.7 Å². The first-order valence-corrected chi connectivity index (χ1v) is 6.27. The van der Waals surface area contributed by atoms with E-state index in [-0.39, 0.29) is 5.41 Å². The predicted octanol–water partition coefficient (Wildman–Crippen LogP) is 3.25. The zero-order valence-corrected chi connectivity index (χ0v) is 11.2. The van der Waals surface area contributed by atoms with E-state index in [1.165, 1.54) is 0 Å². The van der Waals surface area contributed by atoms with Crippen molar-refractivity contribution in [3.05, 3.63) is 23.3 Å². The molecule has 1 fully saturated rings. The van der Waals surface area contributed by atoms with Crippen LogP contribution in [0.15, 0.2) is 12.1 Å². The van der Waals surface area contributed by atoms with Gasteiger partial charge >= 0.3 is 0 Å². The van der Waals surface area contributed by atoms with Gasteiger partial charge in [0.2, 0.25) is 0 Å². The highest BCUT2D eigenvalue weighted by molar-refractivity contribution is 5.50. The molecular formula is C15H19NO2. The van der Waals surface area contributed by atoms with Crippen LogP contribution in [-0.4, -0.2) is 14.2 Å². The number of rotatable bonds is 4. The smallest absolute Gasteiger partial charge is 0.128 e. The van der Waals surface area contributed by atoms with Crippen molar-refractivity contribution in [2.45, 2.75) is 32.6 Å². The quantitative estimate of drug-likeness (QED) is 0.817. The van der Waals surface area contributed by atoms with Crippen molar-refractivity contribution in [1.82, 2.24) is 0 Å². The Morgan fingerprint density at radius 3 is 2.44 bits per heavy atom. The van der Waals surface area contributed by atoms with E-state index in [1.54, 1.807) is 14.2 Å². The number of benzene rings is 1. The van der Waals surface area contributed by atoms with Crippen molar-refractivity contribution in [3.63, 3.8) is 0 Å². The molecule has 2 rings (SSSR count). The third-order valence-electron chi connectivity index (χ3n) is 3.94. The SMILES string of the molecule is COc1ccc(CC2(C#N)CCC2)c(OC)c1C. The molecule has 1 saturated carbocycles. The number of hydrogen-bond acceptors (Lipinski definition) is 3. The Morgan fingerprint density at radius 1 is 1.28 bits per heavy atom. The van der Waals surface area contributed by atoms with Crippen molar-refractivity contribution in [2.75, 3.05) is 14.2 Å². The van der Waals surface area contributed by atoms with E-state index in [2.05, 4.69) is 6.07 Å². The topological polar surface area (TPSA) is 42.2 Å². The summed E-state index contributed by atoms with van der Waals surface area (Å²) in [5.41, 5.74) is 1.94. The molecule has 0 aliphatic heterocycles. The lowest BCUT2D eigenvalue weighted by Crippen LogP contribution is -2.30. The fourth-order valence-electron chi connectivity index (χ4n) is 2.67. The molecule has 0 amide bonds. The zero-order valence-electron chi connectivity index (χ0n) is 11.2. The van der Waals surface area contributed by atoms with E-state index in [4.69, 9.17) is 9.47 Å². The summed E-state index contributed by atoms with van der Waals surface area (Å²) in [4.78, 5) is 0. The molecule has 3 heteroatoms. The molecule has 0 heterocycles. The van der Waals surface area contributed by atoms with E-state index in [9.17, 15) is 5.26 Å². The van der Waals surface area contributed by atoms with Crippen molar-refractivity contribution in [1.29, 1.82) is 5.26 Å². The minimum atomic E-state index is -0.172. The molecular weight excluding hydrogens is 226 g/mol. The first-order chi connectivity index (χ1) is 8.65. The van der Waals surface area contributed by atoms with Gasteiger partial charge in [0, 0.05) is 5.56 Å². The van der Waals surface area contributed by atoms with Gasteiger partial charge < -0.3 is 9.47 Å². The van der Waals surface area contributed by atoms with Crippen LogP contribution in [0.4, 0.5) is 0 Å². The fraction of sp³-hybridized carbons (Fsp3) is 0.533. The van der Waals surface area contributed by atoms with Crippen LogP contribution < -0.4 is 9.47 Å². The van der Waals surface area contributed by atoms with Crippen LogP contribution in [0.2, 0.25) is 0 Å². The third kappa shape index (κ3) is 2.03. The molecule has 0 saturated heterocycles. The fourth-order valence-corrected chi connectivity index (χ4v) is 2.67. The van der Waals surface area contributed by atoms with Crippen LogP contribution in [0.1, 0.15) is 30.4 Å². The highest BCUT2D eigenvalue weighted by Gasteiger charge is 2.38. The van der Waals surface area contributed by atoms with Crippen LogP contribution in [0.3, 0.4) is 0 Å². The van der Waals surface area contributed by atoms with Crippen molar-refractivity contribution in [2.24, 2.45) is 5.41 Å². The van der Waals surface area contributed by atoms with E-state index in [1.807, 2.05) is 19.1 Å². The number of hydrogen-bond donors (Lipinski definition) is 0. The summed E-state index contributed by atoms with van der Waals surface area (Å²) in [5.74, 6) is 1.69. The molecule has 0 aromatic heterocycles. The Hall–Kier alpha value is -1.69. The maximum atomic E-state index is 9.32. The highest BCUT2D eigenvalue weighted by Crippen LogP contribution is 2.45. The summed E-state index contributed by atoms with van der Waals surface area (Å²) in [6.45, 7) is 1.99. The molecule has 96 valence electrons. The van der Waals surface area contributed by atoms with Crippen LogP contribution >= 0.6 is 0 Å². The van der Waals surface area contributed by atoms with Crippen molar-refractivity contribution in [3.8, 4) is 17.6 Å². The molecule has 1 aliphatic rings. The standard InChI is InChI=1S/C15H19NO2/c1-11-13(17-2)6-5-12(14(11)18-3)9-15(10-16)7-4-8-15/h5-6H,4,7-9H2,1-3H3. The monoisotopic (exact) mass is 245 g/mol. The minimum absolute atomic E-state index is 0.172. The van der Waals surface area contributed by atoms with Crippen LogP contribution in [0.5, 0.6) is 11.5 Å². The highest BCUT2D eigenvalue weighted by atomic mass is 16.5. The molecule has 18 heavy (non-hydrogen) atoms. The van der Waals surface area contributed by atoms with Gasteiger partial charge in [-0.2, -0.15) is 5.26 Å². The van der Waals surface area contributed by atoms with Crippen molar-refractivity contribution >= 4 is 0 Å². The molecule has 0 radical (unpaired) electrons. The maximum absolute atomic E-state index is 9.32. The summed E-state index contributed by atoms with van der Waals surface area (Å²) < 4.78 is 10.8. The summed E-state index contributed by atoms with van der Waals surface area (Å²) in [6, 6.07) is 6.45. The number of methoxy groups -OCH3 is 2. The minimum Gasteiger partial charge on any atom is -0.496 e. The van der Waals surface area contributed by atoms with E-state index in [0.717, 1.165) is 48.3 Å². The summed E-state index contributed by atoms with van der Waals surface area (Å²) in [7, 11) is 3.33. The number of nitrogens with zero attached hydrogens (tertiary/aromatic N) is 1. The Morgan fingerprint density at radius 2 is 2.00 bits per heavy atom. The van der Waals surface area contributed by atoms with Gasteiger partial charge in [-0.05, 0) is 37.8 Å². The Labute approximate surface area is 108 Å². The van der Waals surface area contributed by atoms with Gasteiger partial charge in [0.1, 0.15) is 11.5 Å². The average molecular weight is 245 g/mol. The van der Waals surface area contributed by atoms with Crippen LogP contribution in [0, 0.1) is 23.7 Å². The lowest BCUT2D eigenvalue weighted by molar-refractivity contribution is 0.211.